The molecule has 2 unspecified atom stereocenters. The number of rotatable bonds is 4. The lowest BCUT2D eigenvalue weighted by molar-refractivity contribution is -0.137. The van der Waals surface area contributed by atoms with Gasteiger partial charge in [0, 0.05) is 0 Å². The molecule has 0 bridgehead atoms. The lowest BCUT2D eigenvalue weighted by Crippen LogP contribution is -2.07. The zero-order valence-corrected chi connectivity index (χ0v) is 9.86. The van der Waals surface area contributed by atoms with Crippen molar-refractivity contribution in [2.24, 2.45) is 0 Å². The van der Waals surface area contributed by atoms with Gasteiger partial charge in [-0.05, 0) is 11.1 Å². The third-order valence-electron chi connectivity index (χ3n) is 2.04. The van der Waals surface area contributed by atoms with E-state index in [0.29, 0.717) is 11.1 Å². The van der Waals surface area contributed by atoms with Crippen molar-refractivity contribution >= 4 is 37.2 Å². The molecule has 0 fully saturated rings. The molecule has 2 atom stereocenters. The van der Waals surface area contributed by atoms with E-state index in [0.717, 1.165) is 0 Å². The van der Waals surface area contributed by atoms with E-state index in [1.807, 2.05) is 0 Å². The van der Waals surface area contributed by atoms with Gasteiger partial charge >= 0.3 is 11.9 Å². The first-order valence-corrected chi connectivity index (χ1v) is 5.38. The van der Waals surface area contributed by atoms with Crippen LogP contribution in [0.25, 0.3) is 0 Å². The fraction of sp³-hybridized carbons (Fsp3) is 0.200. The van der Waals surface area contributed by atoms with Crippen molar-refractivity contribution in [3.63, 3.8) is 0 Å². The molecule has 4 nitrogen and oxygen atoms in total. The number of carboxylic acid groups (broad SMARTS) is 2. The maximum Gasteiger partial charge on any atom is 0.320 e. The molecule has 86 valence electrons. The van der Waals surface area contributed by atoms with Crippen LogP contribution in [-0.4, -0.2) is 22.2 Å². The molecular formula is C10H10O4S2. The summed E-state index contributed by atoms with van der Waals surface area (Å²) in [6, 6.07) is 6.14. The molecule has 6 heteroatoms. The zero-order valence-electron chi connectivity index (χ0n) is 8.07. The highest BCUT2D eigenvalue weighted by Gasteiger charge is 2.17. The first kappa shape index (κ1) is 12.9. The molecule has 0 aliphatic carbocycles. The molecule has 0 saturated heterocycles. The van der Waals surface area contributed by atoms with Crippen molar-refractivity contribution in [1.82, 2.24) is 0 Å². The Bertz CT molecular complexity index is 363. The zero-order chi connectivity index (χ0) is 12.3. The van der Waals surface area contributed by atoms with Crippen molar-refractivity contribution in [2.45, 2.75) is 10.5 Å². The van der Waals surface area contributed by atoms with Gasteiger partial charge in [0.1, 0.15) is 10.5 Å². The van der Waals surface area contributed by atoms with E-state index in [9.17, 15) is 9.59 Å². The summed E-state index contributed by atoms with van der Waals surface area (Å²) in [5.74, 6) is -2.09. The van der Waals surface area contributed by atoms with Gasteiger partial charge in [-0.2, -0.15) is 25.3 Å². The summed E-state index contributed by atoms with van der Waals surface area (Å²) >= 11 is 7.81. The topological polar surface area (TPSA) is 74.6 Å². The summed E-state index contributed by atoms with van der Waals surface area (Å²) in [7, 11) is 0. The van der Waals surface area contributed by atoms with Crippen molar-refractivity contribution < 1.29 is 19.8 Å². The average molecular weight is 258 g/mol. The minimum Gasteiger partial charge on any atom is -0.480 e. The van der Waals surface area contributed by atoms with Gasteiger partial charge < -0.3 is 10.2 Å². The molecule has 1 rings (SSSR count). The molecule has 16 heavy (non-hydrogen) atoms. The minimum atomic E-state index is -1.04. The Morgan fingerprint density at radius 2 is 1.12 bits per heavy atom. The van der Waals surface area contributed by atoms with Crippen LogP contribution in [0.4, 0.5) is 0 Å². The molecule has 0 saturated carbocycles. The number of carbonyl (C=O) groups is 2. The molecule has 0 spiro atoms. The van der Waals surface area contributed by atoms with Crippen LogP contribution in [-0.2, 0) is 9.59 Å². The molecule has 0 aromatic heterocycles. The molecule has 0 heterocycles. The molecular weight excluding hydrogens is 248 g/mol. The van der Waals surface area contributed by atoms with Gasteiger partial charge in [-0.25, -0.2) is 0 Å². The van der Waals surface area contributed by atoms with Gasteiger partial charge in [0.25, 0.3) is 0 Å². The highest BCUT2D eigenvalue weighted by atomic mass is 32.1. The molecule has 0 radical (unpaired) electrons. The monoisotopic (exact) mass is 258 g/mol. The van der Waals surface area contributed by atoms with Crippen molar-refractivity contribution in [3.8, 4) is 0 Å². The van der Waals surface area contributed by atoms with E-state index in [1.165, 1.54) is 24.3 Å². The van der Waals surface area contributed by atoms with Crippen molar-refractivity contribution in [2.75, 3.05) is 0 Å². The lowest BCUT2D eigenvalue weighted by atomic mass is 10.1. The van der Waals surface area contributed by atoms with E-state index in [-0.39, 0.29) is 0 Å². The molecule has 0 aliphatic heterocycles. The second kappa shape index (κ2) is 5.27. The third kappa shape index (κ3) is 2.93. The summed E-state index contributed by atoms with van der Waals surface area (Å²) < 4.78 is 0. The van der Waals surface area contributed by atoms with E-state index >= 15 is 0 Å². The van der Waals surface area contributed by atoms with Crippen LogP contribution in [0, 0.1) is 0 Å². The SMILES string of the molecule is O=C(O)C(S)c1ccc(C(S)C(=O)O)cc1. The van der Waals surface area contributed by atoms with E-state index < -0.39 is 22.4 Å². The lowest BCUT2D eigenvalue weighted by Gasteiger charge is -2.09. The fourth-order valence-corrected chi connectivity index (χ4v) is 1.49. The van der Waals surface area contributed by atoms with Gasteiger partial charge in [-0.3, -0.25) is 9.59 Å². The number of aliphatic carboxylic acids is 2. The van der Waals surface area contributed by atoms with E-state index in [1.54, 1.807) is 0 Å². The van der Waals surface area contributed by atoms with Gasteiger partial charge in [0.15, 0.2) is 0 Å². The molecule has 1 aromatic carbocycles. The van der Waals surface area contributed by atoms with Crippen LogP contribution < -0.4 is 0 Å². The van der Waals surface area contributed by atoms with Gasteiger partial charge in [0.2, 0.25) is 0 Å². The Morgan fingerprint density at radius 1 is 0.875 bits per heavy atom. The predicted molar refractivity (Wildman–Crippen MR) is 65.2 cm³/mol. The van der Waals surface area contributed by atoms with Gasteiger partial charge in [-0.15, -0.1) is 0 Å². The maximum absolute atomic E-state index is 10.6. The summed E-state index contributed by atoms with van der Waals surface area (Å²) in [6.07, 6.45) is 0. The second-order valence-electron chi connectivity index (χ2n) is 3.15. The number of hydrogen-bond acceptors (Lipinski definition) is 4. The van der Waals surface area contributed by atoms with E-state index in [2.05, 4.69) is 25.3 Å². The van der Waals surface area contributed by atoms with Crippen molar-refractivity contribution in [1.29, 1.82) is 0 Å². The number of thiol groups is 2. The number of benzene rings is 1. The van der Waals surface area contributed by atoms with Crippen LogP contribution >= 0.6 is 25.3 Å². The molecule has 0 aliphatic rings. The summed E-state index contributed by atoms with van der Waals surface area (Å²) in [5, 5.41) is 15.6. The Morgan fingerprint density at radius 3 is 1.31 bits per heavy atom. The number of hydrogen-bond donors (Lipinski definition) is 4. The average Bonchev–Trinajstić information content (AvgIpc) is 2.27. The standard InChI is InChI=1S/C10H10O4S2/c11-9(12)7(15)5-1-2-6(4-3-5)8(16)10(13)14/h1-4,7-8,15-16H,(H,11,12)(H,13,14). The first-order chi connectivity index (χ1) is 7.43. The maximum atomic E-state index is 10.6. The highest BCUT2D eigenvalue weighted by Crippen LogP contribution is 2.24. The highest BCUT2D eigenvalue weighted by molar-refractivity contribution is 7.81. The van der Waals surface area contributed by atoms with Crippen LogP contribution in [0.15, 0.2) is 24.3 Å². The Balaban J connectivity index is 2.91. The summed E-state index contributed by atoms with van der Waals surface area (Å²) in [5.41, 5.74) is 1.01. The minimum absolute atomic E-state index is 0.505. The van der Waals surface area contributed by atoms with Crippen LogP contribution in [0.5, 0.6) is 0 Å². The van der Waals surface area contributed by atoms with Crippen molar-refractivity contribution in [3.05, 3.63) is 35.4 Å². The molecule has 0 amide bonds. The van der Waals surface area contributed by atoms with Crippen LogP contribution in [0.2, 0.25) is 0 Å². The Hall–Kier alpha value is -1.14. The third-order valence-corrected chi connectivity index (χ3v) is 3.07. The summed E-state index contributed by atoms with van der Waals surface area (Å²) in [6.45, 7) is 0. The second-order valence-corrected chi connectivity index (χ2v) is 4.18. The number of carboxylic acids is 2. The van der Waals surface area contributed by atoms with Crippen LogP contribution in [0.3, 0.4) is 0 Å². The quantitative estimate of drug-likeness (QED) is 0.621. The predicted octanol–water partition coefficient (Wildman–Crippen LogP) is 1.80. The Kier molecular flexibility index (Phi) is 4.26. The van der Waals surface area contributed by atoms with Gasteiger partial charge in [0.05, 0.1) is 0 Å². The normalized spacial score (nSPS) is 14.1. The largest absolute Gasteiger partial charge is 0.480 e. The first-order valence-electron chi connectivity index (χ1n) is 4.35. The molecule has 2 N–H and O–H groups in total. The van der Waals surface area contributed by atoms with E-state index in [4.69, 9.17) is 10.2 Å². The smallest absolute Gasteiger partial charge is 0.320 e. The van der Waals surface area contributed by atoms with Gasteiger partial charge in [-0.1, -0.05) is 24.3 Å². The fourth-order valence-electron chi connectivity index (χ4n) is 1.15. The van der Waals surface area contributed by atoms with Crippen LogP contribution in [0.1, 0.15) is 21.6 Å². The Labute approximate surface area is 103 Å². The summed E-state index contributed by atoms with van der Waals surface area (Å²) in [4.78, 5) is 21.3. The molecule has 1 aromatic rings.